The van der Waals surface area contributed by atoms with E-state index in [-0.39, 0.29) is 0 Å². The quantitative estimate of drug-likeness (QED) is 0.749. The van der Waals surface area contributed by atoms with Gasteiger partial charge in [0, 0.05) is 25.2 Å². The second kappa shape index (κ2) is 5.13. The third kappa shape index (κ3) is 2.96. The molecule has 0 bridgehead atoms. The molecule has 0 radical (unpaired) electrons. The molecule has 2 heteroatoms. The van der Waals surface area contributed by atoms with E-state index in [1.165, 1.54) is 19.4 Å². The molecule has 0 aromatic rings. The monoisotopic (exact) mass is 198 g/mol. The lowest BCUT2D eigenvalue weighted by Gasteiger charge is -2.27. The van der Waals surface area contributed by atoms with Crippen molar-refractivity contribution < 1.29 is 0 Å². The number of rotatable bonds is 4. The lowest BCUT2D eigenvalue weighted by atomic mass is 9.99. The van der Waals surface area contributed by atoms with Gasteiger partial charge in [0.2, 0.25) is 0 Å². The van der Waals surface area contributed by atoms with Crippen LogP contribution in [0, 0.1) is 11.8 Å². The molecule has 0 aromatic carbocycles. The molecular formula is C12H26N2. The van der Waals surface area contributed by atoms with E-state index in [0.29, 0.717) is 12.0 Å². The molecule has 14 heavy (non-hydrogen) atoms. The Morgan fingerprint density at radius 2 is 2.07 bits per heavy atom. The summed E-state index contributed by atoms with van der Waals surface area (Å²) in [5.74, 6) is 1.51. The van der Waals surface area contributed by atoms with Gasteiger partial charge < -0.3 is 5.73 Å². The van der Waals surface area contributed by atoms with Crippen LogP contribution in [-0.4, -0.2) is 30.1 Å². The summed E-state index contributed by atoms with van der Waals surface area (Å²) in [5, 5.41) is 0. The second-order valence-electron chi connectivity index (χ2n) is 5.19. The molecule has 4 unspecified atom stereocenters. The number of hydrogen-bond donors (Lipinski definition) is 1. The maximum absolute atomic E-state index is 6.17. The lowest BCUT2D eigenvalue weighted by Crippen LogP contribution is -2.42. The zero-order valence-corrected chi connectivity index (χ0v) is 10.2. The van der Waals surface area contributed by atoms with Crippen LogP contribution in [0.2, 0.25) is 0 Å². The van der Waals surface area contributed by atoms with Gasteiger partial charge in [0.05, 0.1) is 0 Å². The Labute approximate surface area is 88.8 Å². The van der Waals surface area contributed by atoms with Gasteiger partial charge >= 0.3 is 0 Å². The van der Waals surface area contributed by atoms with E-state index in [2.05, 4.69) is 32.6 Å². The fraction of sp³-hybridized carbons (Fsp3) is 1.00. The minimum Gasteiger partial charge on any atom is -0.326 e. The van der Waals surface area contributed by atoms with Crippen molar-refractivity contribution in [2.24, 2.45) is 17.6 Å². The molecule has 0 aliphatic carbocycles. The maximum atomic E-state index is 6.17. The van der Waals surface area contributed by atoms with Gasteiger partial charge in [-0.25, -0.2) is 0 Å². The van der Waals surface area contributed by atoms with Crippen LogP contribution in [0.3, 0.4) is 0 Å². The van der Waals surface area contributed by atoms with Gasteiger partial charge in [-0.3, -0.25) is 4.90 Å². The van der Waals surface area contributed by atoms with E-state index in [0.717, 1.165) is 18.5 Å². The van der Waals surface area contributed by atoms with Crippen LogP contribution in [-0.2, 0) is 0 Å². The van der Waals surface area contributed by atoms with E-state index in [4.69, 9.17) is 5.73 Å². The molecule has 2 N–H and O–H groups in total. The molecule has 1 heterocycles. The average molecular weight is 198 g/mol. The van der Waals surface area contributed by atoms with Crippen LogP contribution < -0.4 is 5.73 Å². The SMILES string of the molecule is CCC(C)C(N)CN1CC(C)CC1C. The molecule has 0 saturated carbocycles. The lowest BCUT2D eigenvalue weighted by molar-refractivity contribution is 0.224. The summed E-state index contributed by atoms with van der Waals surface area (Å²) in [6.45, 7) is 11.5. The summed E-state index contributed by atoms with van der Waals surface area (Å²) in [5.41, 5.74) is 6.17. The molecule has 0 amide bonds. The largest absolute Gasteiger partial charge is 0.326 e. The highest BCUT2D eigenvalue weighted by molar-refractivity contribution is 4.83. The van der Waals surface area contributed by atoms with Gasteiger partial charge in [-0.1, -0.05) is 27.2 Å². The van der Waals surface area contributed by atoms with Crippen molar-refractivity contribution in [2.45, 2.75) is 52.6 Å². The van der Waals surface area contributed by atoms with Crippen molar-refractivity contribution in [2.75, 3.05) is 13.1 Å². The Hall–Kier alpha value is -0.0800. The first-order valence-corrected chi connectivity index (χ1v) is 6.04. The van der Waals surface area contributed by atoms with Gasteiger partial charge in [-0.05, 0) is 25.2 Å². The fourth-order valence-electron chi connectivity index (χ4n) is 2.39. The Kier molecular flexibility index (Phi) is 4.39. The average Bonchev–Trinajstić information content (AvgIpc) is 2.44. The normalized spacial score (nSPS) is 33.2. The van der Waals surface area contributed by atoms with Gasteiger partial charge in [0.15, 0.2) is 0 Å². The summed E-state index contributed by atoms with van der Waals surface area (Å²) in [4.78, 5) is 2.56. The zero-order valence-electron chi connectivity index (χ0n) is 10.2. The molecular weight excluding hydrogens is 172 g/mol. The predicted molar refractivity (Wildman–Crippen MR) is 62.2 cm³/mol. The molecule has 1 saturated heterocycles. The summed E-state index contributed by atoms with van der Waals surface area (Å²) in [6.07, 6.45) is 2.53. The van der Waals surface area contributed by atoms with Crippen molar-refractivity contribution in [3.05, 3.63) is 0 Å². The zero-order chi connectivity index (χ0) is 10.7. The Morgan fingerprint density at radius 1 is 1.43 bits per heavy atom. The van der Waals surface area contributed by atoms with Crippen molar-refractivity contribution in [1.82, 2.24) is 4.90 Å². The summed E-state index contributed by atoms with van der Waals surface area (Å²) < 4.78 is 0. The first-order valence-electron chi connectivity index (χ1n) is 6.04. The molecule has 0 aromatic heterocycles. The first kappa shape index (κ1) is 12.0. The van der Waals surface area contributed by atoms with E-state index in [1.54, 1.807) is 0 Å². The van der Waals surface area contributed by atoms with Crippen LogP contribution in [0.5, 0.6) is 0 Å². The number of nitrogens with zero attached hydrogens (tertiary/aromatic N) is 1. The maximum Gasteiger partial charge on any atom is 0.0193 e. The molecule has 1 fully saturated rings. The van der Waals surface area contributed by atoms with Crippen molar-refractivity contribution >= 4 is 0 Å². The summed E-state index contributed by atoms with van der Waals surface area (Å²) >= 11 is 0. The van der Waals surface area contributed by atoms with Crippen LogP contribution in [0.25, 0.3) is 0 Å². The van der Waals surface area contributed by atoms with Crippen LogP contribution in [0.1, 0.15) is 40.5 Å². The smallest absolute Gasteiger partial charge is 0.0193 e. The molecule has 84 valence electrons. The van der Waals surface area contributed by atoms with E-state index in [9.17, 15) is 0 Å². The van der Waals surface area contributed by atoms with Crippen LogP contribution in [0.15, 0.2) is 0 Å². The topological polar surface area (TPSA) is 29.3 Å². The molecule has 1 aliphatic rings. The van der Waals surface area contributed by atoms with E-state index in [1.807, 2.05) is 0 Å². The standard InChI is InChI=1S/C12H26N2/c1-5-10(3)12(13)8-14-7-9(2)6-11(14)4/h9-12H,5-8,13H2,1-4H3. The van der Waals surface area contributed by atoms with Crippen molar-refractivity contribution in [3.63, 3.8) is 0 Å². The fourth-order valence-corrected chi connectivity index (χ4v) is 2.39. The third-order valence-corrected chi connectivity index (χ3v) is 3.73. The minimum absolute atomic E-state index is 0.354. The molecule has 1 aliphatic heterocycles. The van der Waals surface area contributed by atoms with Gasteiger partial charge in [-0.15, -0.1) is 0 Å². The summed E-state index contributed by atoms with van der Waals surface area (Å²) in [6, 6.07) is 1.09. The highest BCUT2D eigenvalue weighted by atomic mass is 15.2. The van der Waals surface area contributed by atoms with Gasteiger partial charge in [0.1, 0.15) is 0 Å². The van der Waals surface area contributed by atoms with Crippen molar-refractivity contribution in [3.8, 4) is 0 Å². The Balaban J connectivity index is 2.36. The number of nitrogens with two attached hydrogens (primary N) is 1. The third-order valence-electron chi connectivity index (χ3n) is 3.73. The minimum atomic E-state index is 0.354. The van der Waals surface area contributed by atoms with E-state index < -0.39 is 0 Å². The molecule has 2 nitrogen and oxygen atoms in total. The Bertz CT molecular complexity index is 170. The van der Waals surface area contributed by atoms with Gasteiger partial charge in [-0.2, -0.15) is 0 Å². The highest BCUT2D eigenvalue weighted by Gasteiger charge is 2.27. The molecule has 4 atom stereocenters. The van der Waals surface area contributed by atoms with Crippen LogP contribution in [0.4, 0.5) is 0 Å². The summed E-state index contributed by atoms with van der Waals surface area (Å²) in [7, 11) is 0. The molecule has 0 spiro atoms. The van der Waals surface area contributed by atoms with E-state index >= 15 is 0 Å². The molecule has 1 rings (SSSR count). The second-order valence-corrected chi connectivity index (χ2v) is 5.19. The number of hydrogen-bond acceptors (Lipinski definition) is 2. The number of likely N-dealkylation sites (tertiary alicyclic amines) is 1. The van der Waals surface area contributed by atoms with Crippen molar-refractivity contribution in [1.29, 1.82) is 0 Å². The first-order chi connectivity index (χ1) is 6.54. The highest BCUT2D eigenvalue weighted by Crippen LogP contribution is 2.23. The van der Waals surface area contributed by atoms with Crippen LogP contribution >= 0.6 is 0 Å². The predicted octanol–water partition coefficient (Wildman–Crippen LogP) is 2.09. The van der Waals surface area contributed by atoms with Gasteiger partial charge in [0.25, 0.3) is 0 Å². The Morgan fingerprint density at radius 3 is 2.50 bits per heavy atom.